The van der Waals surface area contributed by atoms with Crippen molar-refractivity contribution in [3.8, 4) is 22.8 Å². The van der Waals surface area contributed by atoms with Gasteiger partial charge >= 0.3 is 12.1 Å². The van der Waals surface area contributed by atoms with E-state index in [1.165, 1.54) is 25.7 Å². The molecule has 31 heavy (non-hydrogen) atoms. The molecule has 0 spiro atoms. The molecule has 1 aliphatic rings. The minimum atomic E-state index is -4.45. The van der Waals surface area contributed by atoms with E-state index in [0.29, 0.717) is 11.1 Å². The molecule has 2 aromatic heterocycles. The van der Waals surface area contributed by atoms with Crippen LogP contribution in [0, 0.1) is 0 Å². The molecule has 0 aliphatic carbocycles. The Morgan fingerprint density at radius 2 is 1.71 bits per heavy atom. The molecule has 3 heterocycles. The minimum Gasteiger partial charge on any atom is -0.464 e. The van der Waals surface area contributed by atoms with Crippen molar-refractivity contribution in [2.24, 2.45) is 0 Å². The summed E-state index contributed by atoms with van der Waals surface area (Å²) in [6.07, 6.45) is 0.595. The van der Waals surface area contributed by atoms with Gasteiger partial charge in [0, 0.05) is 30.4 Å². The fourth-order valence-corrected chi connectivity index (χ4v) is 3.51. The van der Waals surface area contributed by atoms with Gasteiger partial charge in [-0.25, -0.2) is 14.8 Å². The first kappa shape index (κ1) is 20.9. The lowest BCUT2D eigenvalue weighted by Crippen LogP contribution is -2.29. The fourth-order valence-electron chi connectivity index (χ4n) is 3.51. The lowest BCUT2D eigenvalue weighted by molar-refractivity contribution is -0.137. The highest BCUT2D eigenvalue weighted by molar-refractivity contribution is 5.94. The van der Waals surface area contributed by atoms with Crippen molar-refractivity contribution < 1.29 is 27.1 Å². The molecule has 9 heteroatoms. The molecule has 1 fully saturated rings. The third-order valence-corrected chi connectivity index (χ3v) is 5.16. The number of ether oxygens (including phenoxy) is 1. The zero-order valence-electron chi connectivity index (χ0n) is 16.8. The average molecular weight is 431 g/mol. The standard InChI is InChI=1S/C22H20F3N3O3/c1-30-21(29)18-19(15-7-10-17(26-13-15)28-11-3-2-4-12-28)31-20(27-18)14-5-8-16(9-6-14)22(23,24)25/h5-10,13H,2-4,11-12H2,1H3. The molecule has 1 saturated heterocycles. The molecule has 6 nitrogen and oxygen atoms in total. The van der Waals surface area contributed by atoms with E-state index >= 15 is 0 Å². The normalized spacial score (nSPS) is 14.5. The van der Waals surface area contributed by atoms with Crippen LogP contribution in [0.1, 0.15) is 35.3 Å². The van der Waals surface area contributed by atoms with Crippen LogP contribution in [0.4, 0.5) is 19.0 Å². The van der Waals surface area contributed by atoms with Crippen LogP contribution in [0.15, 0.2) is 47.0 Å². The molecule has 0 bridgehead atoms. The van der Waals surface area contributed by atoms with Crippen molar-refractivity contribution >= 4 is 11.8 Å². The van der Waals surface area contributed by atoms with E-state index in [0.717, 1.165) is 43.9 Å². The number of benzene rings is 1. The number of pyridine rings is 1. The summed E-state index contributed by atoms with van der Waals surface area (Å²) in [6.45, 7) is 1.89. The Bertz CT molecular complexity index is 1050. The zero-order valence-corrected chi connectivity index (χ0v) is 16.8. The van der Waals surface area contributed by atoms with Crippen molar-refractivity contribution in [3.05, 3.63) is 53.9 Å². The van der Waals surface area contributed by atoms with Gasteiger partial charge in [-0.05, 0) is 55.7 Å². The Kier molecular flexibility index (Phi) is 5.67. The Morgan fingerprint density at radius 3 is 2.29 bits per heavy atom. The number of hydrogen-bond donors (Lipinski definition) is 0. The maximum atomic E-state index is 12.8. The summed E-state index contributed by atoms with van der Waals surface area (Å²) in [5.41, 5.74) is -0.0206. The Hall–Kier alpha value is -3.36. The van der Waals surface area contributed by atoms with Crippen molar-refractivity contribution in [1.29, 1.82) is 0 Å². The van der Waals surface area contributed by atoms with Gasteiger partial charge in [-0.1, -0.05) is 0 Å². The summed E-state index contributed by atoms with van der Waals surface area (Å²) >= 11 is 0. The molecule has 0 atom stereocenters. The minimum absolute atomic E-state index is 0.0178. The van der Waals surface area contributed by atoms with Crippen LogP contribution in [0.25, 0.3) is 22.8 Å². The molecule has 0 N–H and O–H groups in total. The number of oxazole rings is 1. The van der Waals surface area contributed by atoms with Crippen LogP contribution < -0.4 is 4.90 Å². The van der Waals surface area contributed by atoms with Gasteiger partial charge < -0.3 is 14.1 Å². The number of anilines is 1. The van der Waals surface area contributed by atoms with E-state index < -0.39 is 17.7 Å². The Labute approximate surface area is 176 Å². The van der Waals surface area contributed by atoms with Crippen LogP contribution in [-0.4, -0.2) is 36.1 Å². The number of nitrogens with zero attached hydrogens (tertiary/aromatic N) is 3. The lowest BCUT2D eigenvalue weighted by Gasteiger charge is -2.27. The van der Waals surface area contributed by atoms with E-state index in [4.69, 9.17) is 9.15 Å². The summed E-state index contributed by atoms with van der Waals surface area (Å²) in [7, 11) is 1.22. The van der Waals surface area contributed by atoms with E-state index in [-0.39, 0.29) is 17.3 Å². The maximum absolute atomic E-state index is 12.8. The first-order chi connectivity index (χ1) is 14.9. The lowest BCUT2D eigenvalue weighted by atomic mass is 10.1. The van der Waals surface area contributed by atoms with Crippen molar-refractivity contribution in [2.75, 3.05) is 25.1 Å². The number of aromatic nitrogens is 2. The first-order valence-corrected chi connectivity index (χ1v) is 9.85. The number of rotatable bonds is 4. The fraction of sp³-hybridized carbons (Fsp3) is 0.318. The van der Waals surface area contributed by atoms with Crippen molar-refractivity contribution in [3.63, 3.8) is 0 Å². The summed E-state index contributed by atoms with van der Waals surface area (Å²) in [5.74, 6) is 0.297. The van der Waals surface area contributed by atoms with Gasteiger partial charge in [0.1, 0.15) is 5.82 Å². The highest BCUT2D eigenvalue weighted by atomic mass is 19.4. The van der Waals surface area contributed by atoms with Crippen LogP contribution in [0.2, 0.25) is 0 Å². The highest BCUT2D eigenvalue weighted by Gasteiger charge is 2.30. The largest absolute Gasteiger partial charge is 0.464 e. The van der Waals surface area contributed by atoms with Crippen molar-refractivity contribution in [1.82, 2.24) is 9.97 Å². The molecule has 0 unspecified atom stereocenters. The molecule has 0 radical (unpaired) electrons. The molecular formula is C22H20F3N3O3. The second kappa shape index (κ2) is 8.41. The summed E-state index contributed by atoms with van der Waals surface area (Å²) < 4.78 is 49.0. The second-order valence-electron chi connectivity index (χ2n) is 7.22. The van der Waals surface area contributed by atoms with Gasteiger partial charge in [0.25, 0.3) is 0 Å². The van der Waals surface area contributed by atoms with Gasteiger partial charge in [-0.2, -0.15) is 13.2 Å². The molecule has 3 aromatic rings. The third-order valence-electron chi connectivity index (χ3n) is 5.16. The Balaban J connectivity index is 1.67. The molecule has 4 rings (SSSR count). The average Bonchev–Trinajstić information content (AvgIpc) is 3.24. The number of esters is 1. The summed E-state index contributed by atoms with van der Waals surface area (Å²) in [6, 6.07) is 7.99. The maximum Gasteiger partial charge on any atom is 0.416 e. The Morgan fingerprint density at radius 1 is 1.03 bits per heavy atom. The predicted molar refractivity (Wildman–Crippen MR) is 108 cm³/mol. The predicted octanol–water partition coefficient (Wildman–Crippen LogP) is 5.20. The van der Waals surface area contributed by atoms with Crippen LogP contribution >= 0.6 is 0 Å². The van der Waals surface area contributed by atoms with Crippen LogP contribution in [0.5, 0.6) is 0 Å². The molecule has 162 valence electrons. The number of carbonyl (C=O) groups is 1. The quantitative estimate of drug-likeness (QED) is 0.529. The van der Waals surface area contributed by atoms with Gasteiger partial charge in [0.15, 0.2) is 11.5 Å². The molecule has 0 amide bonds. The van der Waals surface area contributed by atoms with Gasteiger partial charge in [0.05, 0.1) is 12.7 Å². The zero-order chi connectivity index (χ0) is 22.0. The number of carbonyl (C=O) groups excluding carboxylic acids is 1. The van der Waals surface area contributed by atoms with Gasteiger partial charge in [-0.3, -0.25) is 0 Å². The monoisotopic (exact) mass is 431 g/mol. The topological polar surface area (TPSA) is 68.5 Å². The summed E-state index contributed by atoms with van der Waals surface area (Å²) in [5, 5.41) is 0. The third kappa shape index (κ3) is 4.40. The second-order valence-corrected chi connectivity index (χ2v) is 7.22. The molecule has 1 aliphatic heterocycles. The number of hydrogen-bond acceptors (Lipinski definition) is 6. The highest BCUT2D eigenvalue weighted by Crippen LogP contribution is 2.34. The first-order valence-electron chi connectivity index (χ1n) is 9.85. The molecule has 1 aromatic carbocycles. The van der Waals surface area contributed by atoms with Crippen LogP contribution in [-0.2, 0) is 10.9 Å². The van der Waals surface area contributed by atoms with E-state index in [2.05, 4.69) is 14.9 Å². The van der Waals surface area contributed by atoms with E-state index in [1.54, 1.807) is 12.3 Å². The number of methoxy groups -OCH3 is 1. The number of halogens is 3. The number of alkyl halides is 3. The molecular weight excluding hydrogens is 411 g/mol. The van der Waals surface area contributed by atoms with E-state index in [9.17, 15) is 18.0 Å². The smallest absolute Gasteiger partial charge is 0.416 e. The number of piperidine rings is 1. The van der Waals surface area contributed by atoms with Gasteiger partial charge in [0.2, 0.25) is 5.89 Å². The summed E-state index contributed by atoms with van der Waals surface area (Å²) in [4.78, 5) is 23.1. The van der Waals surface area contributed by atoms with Crippen molar-refractivity contribution in [2.45, 2.75) is 25.4 Å². The van der Waals surface area contributed by atoms with Gasteiger partial charge in [-0.15, -0.1) is 0 Å². The van der Waals surface area contributed by atoms with E-state index in [1.807, 2.05) is 6.07 Å². The van der Waals surface area contributed by atoms with Crippen LogP contribution in [0.3, 0.4) is 0 Å². The SMILES string of the molecule is COC(=O)c1nc(-c2ccc(C(F)(F)F)cc2)oc1-c1ccc(N2CCCCC2)nc1. The molecule has 0 saturated carbocycles.